The maximum Gasteiger partial charge on any atom is 0.216 e. The third-order valence-electron chi connectivity index (χ3n) is 4.14. The molecule has 126 valence electrons. The van der Waals surface area contributed by atoms with Gasteiger partial charge >= 0.3 is 0 Å². The Hall–Kier alpha value is -1.28. The molecule has 7 heteroatoms. The van der Waals surface area contributed by atoms with Crippen LogP contribution in [0.5, 0.6) is 0 Å². The number of thiazole rings is 1. The number of benzene rings is 1. The van der Waals surface area contributed by atoms with Gasteiger partial charge in [-0.05, 0) is 26.0 Å². The zero-order valence-electron chi connectivity index (χ0n) is 13.6. The summed E-state index contributed by atoms with van der Waals surface area (Å²) in [6.07, 6.45) is 2.75. The highest BCUT2D eigenvalue weighted by Gasteiger charge is 2.23. The highest BCUT2D eigenvalue weighted by atomic mass is 79.9. The molecule has 3 heterocycles. The zero-order valence-corrected chi connectivity index (χ0v) is 16.0. The smallest absolute Gasteiger partial charge is 0.216 e. The van der Waals surface area contributed by atoms with Gasteiger partial charge in [-0.25, -0.2) is 0 Å². The first-order valence-electron chi connectivity index (χ1n) is 8.05. The average Bonchev–Trinajstić information content (AvgIpc) is 3.07. The molecule has 0 spiro atoms. The maximum atomic E-state index is 5.81. The van der Waals surface area contributed by atoms with Crippen molar-refractivity contribution in [3.63, 3.8) is 0 Å². The van der Waals surface area contributed by atoms with Gasteiger partial charge in [0.1, 0.15) is 0 Å². The fourth-order valence-corrected chi connectivity index (χ4v) is 4.48. The standard InChI is InChI=1S/C17H19BrN4OS/c1-11-7-21(8-12(2)23-11)9-15-10-22-16(19-20-17(22)24-15)13-3-5-14(18)6-4-13/h3-6,10-12H,7-9H2,1-2H3/t11-,12-/m1/s1. The van der Waals surface area contributed by atoms with E-state index in [9.17, 15) is 0 Å². The van der Waals surface area contributed by atoms with Crippen molar-refractivity contribution >= 4 is 32.2 Å². The van der Waals surface area contributed by atoms with Crippen LogP contribution in [0, 0.1) is 0 Å². The van der Waals surface area contributed by atoms with Gasteiger partial charge in [-0.2, -0.15) is 0 Å². The summed E-state index contributed by atoms with van der Waals surface area (Å²) in [6, 6.07) is 8.17. The number of morpholine rings is 1. The number of rotatable bonds is 3. The molecule has 0 aliphatic carbocycles. The van der Waals surface area contributed by atoms with E-state index in [1.807, 2.05) is 12.1 Å². The van der Waals surface area contributed by atoms with Crippen LogP contribution in [-0.4, -0.2) is 44.8 Å². The second-order valence-corrected chi connectivity index (χ2v) is 8.34. The fraction of sp³-hybridized carbons (Fsp3) is 0.412. The summed E-state index contributed by atoms with van der Waals surface area (Å²) in [7, 11) is 0. The van der Waals surface area contributed by atoms with Crippen molar-refractivity contribution in [2.45, 2.75) is 32.6 Å². The van der Waals surface area contributed by atoms with Gasteiger partial charge in [0, 0.05) is 40.7 Å². The van der Waals surface area contributed by atoms with Gasteiger partial charge in [0.05, 0.1) is 12.2 Å². The Bertz CT molecular complexity index is 834. The molecule has 1 fully saturated rings. The van der Waals surface area contributed by atoms with E-state index in [0.29, 0.717) is 0 Å². The van der Waals surface area contributed by atoms with Crippen LogP contribution in [0.4, 0.5) is 0 Å². The minimum Gasteiger partial charge on any atom is -0.373 e. The Morgan fingerprint density at radius 1 is 1.17 bits per heavy atom. The molecule has 1 aliphatic heterocycles. The molecule has 0 unspecified atom stereocenters. The largest absolute Gasteiger partial charge is 0.373 e. The number of fused-ring (bicyclic) bond motifs is 1. The molecule has 2 aromatic heterocycles. The molecular weight excluding hydrogens is 388 g/mol. The van der Waals surface area contributed by atoms with E-state index in [0.717, 1.165) is 40.5 Å². The third-order valence-corrected chi connectivity index (χ3v) is 5.62. The van der Waals surface area contributed by atoms with Gasteiger partial charge in [0.25, 0.3) is 0 Å². The Labute approximate surface area is 153 Å². The van der Waals surface area contributed by atoms with Crippen molar-refractivity contribution in [1.29, 1.82) is 0 Å². The SMILES string of the molecule is C[C@@H]1CN(Cc2cn3c(-c4ccc(Br)cc4)nnc3s2)C[C@@H](C)O1. The van der Waals surface area contributed by atoms with E-state index < -0.39 is 0 Å². The first-order valence-corrected chi connectivity index (χ1v) is 9.66. The van der Waals surface area contributed by atoms with Gasteiger partial charge in [-0.3, -0.25) is 9.30 Å². The summed E-state index contributed by atoms with van der Waals surface area (Å²) >= 11 is 5.18. The van der Waals surface area contributed by atoms with Gasteiger partial charge in [0.2, 0.25) is 4.96 Å². The fourth-order valence-electron chi connectivity index (χ4n) is 3.25. The molecule has 0 N–H and O–H groups in total. The third kappa shape index (κ3) is 3.26. The van der Waals surface area contributed by atoms with Crippen LogP contribution >= 0.6 is 27.3 Å². The number of aromatic nitrogens is 3. The Morgan fingerprint density at radius 2 is 1.88 bits per heavy atom. The molecule has 1 saturated heterocycles. The van der Waals surface area contributed by atoms with Crippen LogP contribution < -0.4 is 0 Å². The van der Waals surface area contributed by atoms with E-state index in [4.69, 9.17) is 4.74 Å². The molecule has 0 saturated carbocycles. The molecule has 1 aromatic carbocycles. The Morgan fingerprint density at radius 3 is 2.58 bits per heavy atom. The van der Waals surface area contributed by atoms with Crippen molar-refractivity contribution in [2.24, 2.45) is 0 Å². The lowest BCUT2D eigenvalue weighted by Gasteiger charge is -2.34. The predicted molar refractivity (Wildman–Crippen MR) is 99.3 cm³/mol. The molecule has 0 bridgehead atoms. The zero-order chi connectivity index (χ0) is 16.7. The summed E-state index contributed by atoms with van der Waals surface area (Å²) in [6.45, 7) is 7.16. The molecule has 2 atom stereocenters. The Kier molecular flexibility index (Phi) is 4.42. The first-order chi connectivity index (χ1) is 11.6. The lowest BCUT2D eigenvalue weighted by atomic mass is 10.2. The van der Waals surface area contributed by atoms with Crippen molar-refractivity contribution in [3.8, 4) is 11.4 Å². The van der Waals surface area contributed by atoms with Crippen molar-refractivity contribution in [1.82, 2.24) is 19.5 Å². The number of halogens is 1. The van der Waals surface area contributed by atoms with E-state index in [1.54, 1.807) is 11.3 Å². The number of ether oxygens (including phenoxy) is 1. The lowest BCUT2D eigenvalue weighted by molar-refractivity contribution is -0.0702. The van der Waals surface area contributed by atoms with Crippen molar-refractivity contribution < 1.29 is 4.74 Å². The van der Waals surface area contributed by atoms with Crippen LogP contribution in [0.2, 0.25) is 0 Å². The van der Waals surface area contributed by atoms with Gasteiger partial charge in [0.15, 0.2) is 5.82 Å². The Balaban J connectivity index is 1.59. The second-order valence-electron chi connectivity index (χ2n) is 6.33. The number of hydrogen-bond donors (Lipinski definition) is 0. The van der Waals surface area contributed by atoms with Gasteiger partial charge < -0.3 is 4.74 Å². The van der Waals surface area contributed by atoms with Crippen LogP contribution in [0.3, 0.4) is 0 Å². The van der Waals surface area contributed by atoms with Crippen LogP contribution in [0.15, 0.2) is 34.9 Å². The first kappa shape index (κ1) is 16.2. The topological polar surface area (TPSA) is 42.7 Å². The van der Waals surface area contributed by atoms with Gasteiger partial charge in [-0.1, -0.05) is 39.4 Å². The maximum absolute atomic E-state index is 5.81. The van der Waals surface area contributed by atoms with Gasteiger partial charge in [-0.15, -0.1) is 10.2 Å². The highest BCUT2D eigenvalue weighted by Crippen LogP contribution is 2.26. The number of hydrogen-bond acceptors (Lipinski definition) is 5. The van der Waals surface area contributed by atoms with Crippen LogP contribution in [-0.2, 0) is 11.3 Å². The summed E-state index contributed by atoms with van der Waals surface area (Å²) in [4.78, 5) is 4.70. The minimum atomic E-state index is 0.290. The molecule has 1 aliphatic rings. The van der Waals surface area contributed by atoms with Crippen molar-refractivity contribution in [3.05, 3.63) is 39.8 Å². The predicted octanol–water partition coefficient (Wildman–Crippen LogP) is 3.83. The average molecular weight is 407 g/mol. The molecule has 3 aromatic rings. The van der Waals surface area contributed by atoms with E-state index in [-0.39, 0.29) is 12.2 Å². The van der Waals surface area contributed by atoms with Crippen molar-refractivity contribution in [2.75, 3.05) is 13.1 Å². The quantitative estimate of drug-likeness (QED) is 0.662. The summed E-state index contributed by atoms with van der Waals surface area (Å²) in [5, 5.41) is 8.68. The summed E-state index contributed by atoms with van der Waals surface area (Å²) < 4.78 is 8.97. The number of nitrogens with zero attached hydrogens (tertiary/aromatic N) is 4. The lowest BCUT2D eigenvalue weighted by Crippen LogP contribution is -2.44. The monoisotopic (exact) mass is 406 g/mol. The molecule has 5 nitrogen and oxygen atoms in total. The summed E-state index contributed by atoms with van der Waals surface area (Å²) in [5.74, 6) is 0.892. The molecule has 24 heavy (non-hydrogen) atoms. The van der Waals surface area contributed by atoms with E-state index in [2.05, 4.69) is 67.6 Å². The second kappa shape index (κ2) is 6.55. The minimum absolute atomic E-state index is 0.290. The molecular formula is C17H19BrN4OS. The van der Waals surface area contributed by atoms with E-state index >= 15 is 0 Å². The van der Waals surface area contributed by atoms with Crippen LogP contribution in [0.25, 0.3) is 16.3 Å². The van der Waals surface area contributed by atoms with Crippen LogP contribution in [0.1, 0.15) is 18.7 Å². The van der Waals surface area contributed by atoms with E-state index in [1.165, 1.54) is 4.88 Å². The highest BCUT2D eigenvalue weighted by molar-refractivity contribution is 9.10. The molecule has 4 rings (SSSR count). The summed E-state index contributed by atoms with van der Waals surface area (Å²) in [5.41, 5.74) is 1.07. The molecule has 0 amide bonds. The molecule has 0 radical (unpaired) electrons. The normalized spacial score (nSPS) is 22.3.